The van der Waals surface area contributed by atoms with Crippen LogP contribution in [-0.4, -0.2) is 12.3 Å². The van der Waals surface area contributed by atoms with Gasteiger partial charge in [-0.3, -0.25) is 4.79 Å². The zero-order valence-electron chi connectivity index (χ0n) is 11.9. The SMILES string of the molecule is CCCCCCCC(=O)OC(C)Oc1ccccc1. The molecule has 0 fully saturated rings. The van der Waals surface area contributed by atoms with Gasteiger partial charge >= 0.3 is 5.97 Å². The number of hydrogen-bond donors (Lipinski definition) is 0. The minimum absolute atomic E-state index is 0.181. The van der Waals surface area contributed by atoms with Gasteiger partial charge in [-0.1, -0.05) is 50.8 Å². The molecule has 1 rings (SSSR count). The number of benzene rings is 1. The first-order chi connectivity index (χ1) is 9.22. The van der Waals surface area contributed by atoms with Crippen molar-refractivity contribution in [3.05, 3.63) is 30.3 Å². The van der Waals surface area contributed by atoms with E-state index in [0.29, 0.717) is 12.2 Å². The van der Waals surface area contributed by atoms with E-state index in [-0.39, 0.29) is 5.97 Å². The van der Waals surface area contributed by atoms with Crippen LogP contribution in [0.25, 0.3) is 0 Å². The summed E-state index contributed by atoms with van der Waals surface area (Å²) in [4.78, 5) is 11.6. The van der Waals surface area contributed by atoms with Gasteiger partial charge in [0.1, 0.15) is 5.75 Å². The molecule has 0 spiro atoms. The van der Waals surface area contributed by atoms with Gasteiger partial charge in [-0.15, -0.1) is 0 Å². The molecule has 106 valence electrons. The van der Waals surface area contributed by atoms with Crippen LogP contribution in [0.15, 0.2) is 30.3 Å². The van der Waals surface area contributed by atoms with Crippen molar-refractivity contribution in [3.8, 4) is 5.75 Å². The summed E-state index contributed by atoms with van der Waals surface area (Å²) < 4.78 is 10.7. The van der Waals surface area contributed by atoms with E-state index >= 15 is 0 Å². The van der Waals surface area contributed by atoms with Crippen molar-refractivity contribution in [2.75, 3.05) is 0 Å². The summed E-state index contributed by atoms with van der Waals surface area (Å²) >= 11 is 0. The molecule has 0 heterocycles. The molecule has 1 aromatic rings. The molecule has 1 atom stereocenters. The molecule has 19 heavy (non-hydrogen) atoms. The van der Waals surface area contributed by atoms with Gasteiger partial charge in [-0.25, -0.2) is 0 Å². The van der Waals surface area contributed by atoms with Crippen LogP contribution in [0, 0.1) is 0 Å². The quantitative estimate of drug-likeness (QED) is 0.378. The number of carbonyl (C=O) groups is 1. The zero-order chi connectivity index (χ0) is 13.9. The van der Waals surface area contributed by atoms with Gasteiger partial charge in [0.15, 0.2) is 0 Å². The van der Waals surface area contributed by atoms with Gasteiger partial charge in [0.05, 0.1) is 0 Å². The van der Waals surface area contributed by atoms with E-state index in [0.717, 1.165) is 12.8 Å². The second-order valence-corrected chi connectivity index (χ2v) is 4.65. The summed E-state index contributed by atoms with van der Waals surface area (Å²) in [6, 6.07) is 9.37. The molecule has 0 aliphatic heterocycles. The molecule has 3 nitrogen and oxygen atoms in total. The number of hydrogen-bond acceptors (Lipinski definition) is 3. The summed E-state index contributed by atoms with van der Waals surface area (Å²) in [6.45, 7) is 3.92. The number of para-hydroxylation sites is 1. The second-order valence-electron chi connectivity index (χ2n) is 4.65. The normalized spacial score (nSPS) is 11.9. The Morgan fingerprint density at radius 3 is 2.47 bits per heavy atom. The lowest BCUT2D eigenvalue weighted by Gasteiger charge is -2.15. The molecular weight excluding hydrogens is 240 g/mol. The number of unbranched alkanes of at least 4 members (excludes halogenated alkanes) is 4. The van der Waals surface area contributed by atoms with E-state index in [2.05, 4.69) is 6.92 Å². The average molecular weight is 264 g/mol. The molecule has 3 heteroatoms. The Hall–Kier alpha value is -1.51. The number of rotatable bonds is 9. The van der Waals surface area contributed by atoms with Crippen LogP contribution in [0.1, 0.15) is 52.4 Å². The molecule has 0 aliphatic rings. The first-order valence-electron chi connectivity index (χ1n) is 7.13. The first kappa shape index (κ1) is 15.5. The van der Waals surface area contributed by atoms with Crippen LogP contribution in [0.4, 0.5) is 0 Å². The Balaban J connectivity index is 2.14. The van der Waals surface area contributed by atoms with Gasteiger partial charge in [0, 0.05) is 13.3 Å². The predicted octanol–water partition coefficient (Wildman–Crippen LogP) is 4.32. The molecule has 0 aliphatic carbocycles. The van der Waals surface area contributed by atoms with Gasteiger partial charge in [0.2, 0.25) is 6.29 Å². The third-order valence-electron chi connectivity index (χ3n) is 2.83. The van der Waals surface area contributed by atoms with Gasteiger partial charge in [0.25, 0.3) is 0 Å². The van der Waals surface area contributed by atoms with E-state index in [1.54, 1.807) is 6.92 Å². The number of esters is 1. The summed E-state index contributed by atoms with van der Waals surface area (Å²) in [7, 11) is 0. The van der Waals surface area contributed by atoms with Gasteiger partial charge < -0.3 is 9.47 Å². The van der Waals surface area contributed by atoms with Crippen molar-refractivity contribution in [1.29, 1.82) is 0 Å². The Morgan fingerprint density at radius 1 is 1.11 bits per heavy atom. The fraction of sp³-hybridized carbons (Fsp3) is 0.562. The van der Waals surface area contributed by atoms with E-state index < -0.39 is 6.29 Å². The highest BCUT2D eigenvalue weighted by molar-refractivity contribution is 5.69. The maximum Gasteiger partial charge on any atom is 0.308 e. The molecule has 0 aromatic heterocycles. The summed E-state index contributed by atoms with van der Waals surface area (Å²) in [6.07, 6.45) is 5.58. The summed E-state index contributed by atoms with van der Waals surface area (Å²) in [5, 5.41) is 0. The Labute approximate surface area is 115 Å². The zero-order valence-corrected chi connectivity index (χ0v) is 11.9. The fourth-order valence-electron chi connectivity index (χ4n) is 1.83. The van der Waals surface area contributed by atoms with Crippen LogP contribution >= 0.6 is 0 Å². The summed E-state index contributed by atoms with van der Waals surface area (Å²) in [5.41, 5.74) is 0. The molecule has 0 bridgehead atoms. The molecule has 0 radical (unpaired) electrons. The van der Waals surface area contributed by atoms with E-state index in [9.17, 15) is 4.79 Å². The van der Waals surface area contributed by atoms with Gasteiger partial charge in [-0.2, -0.15) is 0 Å². The van der Waals surface area contributed by atoms with E-state index in [1.807, 2.05) is 30.3 Å². The van der Waals surface area contributed by atoms with Crippen molar-refractivity contribution in [2.24, 2.45) is 0 Å². The minimum Gasteiger partial charge on any atom is -0.455 e. The standard InChI is InChI=1S/C16H24O3/c1-3-4-5-6-10-13-16(17)19-14(2)18-15-11-8-7-9-12-15/h7-9,11-12,14H,3-6,10,13H2,1-2H3. The predicted molar refractivity (Wildman–Crippen MR) is 76.0 cm³/mol. The summed E-state index contributed by atoms with van der Waals surface area (Å²) in [5.74, 6) is 0.533. The lowest BCUT2D eigenvalue weighted by molar-refractivity contribution is -0.161. The van der Waals surface area contributed by atoms with E-state index in [4.69, 9.17) is 9.47 Å². The maximum atomic E-state index is 11.6. The van der Waals surface area contributed by atoms with Crippen LogP contribution in [0.3, 0.4) is 0 Å². The number of carbonyl (C=O) groups excluding carboxylic acids is 1. The second kappa shape index (κ2) is 9.42. The Kier molecular flexibility index (Phi) is 7.71. The maximum absolute atomic E-state index is 11.6. The smallest absolute Gasteiger partial charge is 0.308 e. The monoisotopic (exact) mass is 264 g/mol. The highest BCUT2D eigenvalue weighted by Crippen LogP contribution is 2.12. The van der Waals surface area contributed by atoms with Gasteiger partial charge in [-0.05, 0) is 18.6 Å². The third-order valence-corrected chi connectivity index (χ3v) is 2.83. The van der Waals surface area contributed by atoms with Crippen molar-refractivity contribution < 1.29 is 14.3 Å². The fourth-order valence-corrected chi connectivity index (χ4v) is 1.83. The first-order valence-corrected chi connectivity index (χ1v) is 7.13. The molecule has 0 saturated heterocycles. The average Bonchev–Trinajstić information content (AvgIpc) is 2.39. The van der Waals surface area contributed by atoms with Crippen molar-refractivity contribution in [1.82, 2.24) is 0 Å². The lowest BCUT2D eigenvalue weighted by Crippen LogP contribution is -2.20. The lowest BCUT2D eigenvalue weighted by atomic mass is 10.1. The highest BCUT2D eigenvalue weighted by atomic mass is 16.7. The Bertz CT molecular complexity index is 348. The van der Waals surface area contributed by atoms with Crippen LogP contribution in [-0.2, 0) is 9.53 Å². The molecule has 0 amide bonds. The minimum atomic E-state index is -0.537. The van der Waals surface area contributed by atoms with Crippen LogP contribution in [0.2, 0.25) is 0 Å². The molecule has 1 unspecified atom stereocenters. The van der Waals surface area contributed by atoms with Crippen molar-refractivity contribution in [2.45, 2.75) is 58.7 Å². The molecular formula is C16H24O3. The van der Waals surface area contributed by atoms with Crippen LogP contribution in [0.5, 0.6) is 5.75 Å². The number of ether oxygens (including phenoxy) is 2. The van der Waals surface area contributed by atoms with Crippen LogP contribution < -0.4 is 4.74 Å². The molecule has 1 aromatic carbocycles. The Morgan fingerprint density at radius 2 is 1.79 bits per heavy atom. The molecule has 0 saturated carbocycles. The van der Waals surface area contributed by atoms with Crippen molar-refractivity contribution in [3.63, 3.8) is 0 Å². The van der Waals surface area contributed by atoms with Crippen molar-refractivity contribution >= 4 is 5.97 Å². The molecule has 0 N–H and O–H groups in total. The largest absolute Gasteiger partial charge is 0.455 e. The highest BCUT2D eigenvalue weighted by Gasteiger charge is 2.10. The third kappa shape index (κ3) is 7.50. The topological polar surface area (TPSA) is 35.5 Å². The van der Waals surface area contributed by atoms with E-state index in [1.165, 1.54) is 19.3 Å².